The Hall–Kier alpha value is -0.990. The largest absolute Gasteiger partial charge is 0.290 e. The van der Waals surface area contributed by atoms with Crippen LogP contribution in [0, 0.1) is 5.41 Å². The third-order valence-corrected chi connectivity index (χ3v) is 1.68. The van der Waals surface area contributed by atoms with Crippen molar-refractivity contribution in [3.63, 3.8) is 0 Å². The van der Waals surface area contributed by atoms with E-state index in [9.17, 15) is 14.4 Å². The highest BCUT2D eigenvalue weighted by molar-refractivity contribution is 6.68. The average Bonchev–Trinajstić information content (AvgIpc) is 1.95. The number of ketones is 3. The first-order valence-electron chi connectivity index (χ1n) is 3.07. The summed E-state index contributed by atoms with van der Waals surface area (Å²) < 4.78 is 0. The second kappa shape index (κ2) is 1.75. The summed E-state index contributed by atoms with van der Waals surface area (Å²) in [6.07, 6.45) is 0.0741. The first-order chi connectivity index (χ1) is 4.45. The van der Waals surface area contributed by atoms with Gasteiger partial charge in [-0.2, -0.15) is 0 Å². The molecule has 0 bridgehead atoms. The van der Waals surface area contributed by atoms with E-state index in [4.69, 9.17) is 0 Å². The molecule has 0 aliphatic heterocycles. The van der Waals surface area contributed by atoms with Crippen LogP contribution >= 0.6 is 0 Å². The Balaban J connectivity index is 3.04. The fourth-order valence-corrected chi connectivity index (χ4v) is 0.996. The fraction of sp³-hybridized carbons (Fsp3) is 0.571. The Bertz CT molecular complexity index is 225. The van der Waals surface area contributed by atoms with Crippen molar-refractivity contribution in [1.82, 2.24) is 0 Å². The molecule has 0 aromatic rings. The lowest BCUT2D eigenvalue weighted by Gasteiger charge is -2.09. The van der Waals surface area contributed by atoms with Crippen molar-refractivity contribution < 1.29 is 14.4 Å². The molecular formula is C7H8O3. The van der Waals surface area contributed by atoms with Crippen LogP contribution in [0.2, 0.25) is 0 Å². The molecule has 0 heterocycles. The van der Waals surface area contributed by atoms with Gasteiger partial charge in [0, 0.05) is 11.8 Å². The van der Waals surface area contributed by atoms with Crippen molar-refractivity contribution in [2.24, 2.45) is 5.41 Å². The minimum atomic E-state index is -0.829. The molecule has 10 heavy (non-hydrogen) atoms. The highest BCUT2D eigenvalue weighted by Crippen LogP contribution is 2.28. The number of rotatable bonds is 0. The maximum Gasteiger partial charge on any atom is 0.264 e. The summed E-state index contributed by atoms with van der Waals surface area (Å²) in [5.41, 5.74) is -0.742. The summed E-state index contributed by atoms with van der Waals surface area (Å²) in [5.74, 6) is -1.92. The van der Waals surface area contributed by atoms with E-state index in [1.54, 1.807) is 13.8 Å². The molecule has 1 aliphatic rings. The number of Topliss-reactive ketones (excluding diaryl/α,β-unsaturated/α-hetero) is 3. The lowest BCUT2D eigenvalue weighted by molar-refractivity contribution is -0.141. The van der Waals surface area contributed by atoms with E-state index < -0.39 is 22.8 Å². The summed E-state index contributed by atoms with van der Waals surface area (Å²) in [7, 11) is 0. The third kappa shape index (κ3) is 0.781. The van der Waals surface area contributed by atoms with Gasteiger partial charge in [-0.25, -0.2) is 0 Å². The molecular weight excluding hydrogens is 132 g/mol. The first kappa shape index (κ1) is 7.12. The molecule has 0 N–H and O–H groups in total. The van der Waals surface area contributed by atoms with Crippen LogP contribution in [0.3, 0.4) is 0 Å². The molecule has 0 unspecified atom stereocenters. The number of carbonyl (C=O) groups excluding carboxylic acids is 3. The topological polar surface area (TPSA) is 51.2 Å². The molecule has 0 spiro atoms. The molecule has 1 aliphatic carbocycles. The van der Waals surface area contributed by atoms with E-state index in [0.29, 0.717) is 0 Å². The van der Waals surface area contributed by atoms with Crippen molar-refractivity contribution >= 4 is 17.3 Å². The minimum absolute atomic E-state index is 0.0741. The molecule has 0 aromatic heterocycles. The van der Waals surface area contributed by atoms with E-state index in [1.807, 2.05) is 0 Å². The van der Waals surface area contributed by atoms with Crippen LogP contribution < -0.4 is 0 Å². The molecule has 0 atom stereocenters. The van der Waals surface area contributed by atoms with Crippen molar-refractivity contribution in [1.29, 1.82) is 0 Å². The second-order valence-electron chi connectivity index (χ2n) is 3.14. The summed E-state index contributed by atoms with van der Waals surface area (Å²) in [5, 5.41) is 0. The highest BCUT2D eigenvalue weighted by atomic mass is 16.2. The van der Waals surface area contributed by atoms with Crippen LogP contribution in [0.5, 0.6) is 0 Å². The molecule has 1 rings (SSSR count). The Morgan fingerprint density at radius 2 is 1.70 bits per heavy atom. The number of carbonyl (C=O) groups is 3. The Kier molecular flexibility index (Phi) is 1.24. The van der Waals surface area contributed by atoms with Gasteiger partial charge in [-0.05, 0) is 0 Å². The molecule has 0 radical (unpaired) electrons. The van der Waals surface area contributed by atoms with Gasteiger partial charge in [0.1, 0.15) is 0 Å². The molecule has 0 saturated heterocycles. The van der Waals surface area contributed by atoms with E-state index in [2.05, 4.69) is 0 Å². The zero-order valence-corrected chi connectivity index (χ0v) is 5.93. The zero-order chi connectivity index (χ0) is 7.94. The summed E-state index contributed by atoms with van der Waals surface area (Å²) in [6.45, 7) is 3.22. The van der Waals surface area contributed by atoms with Crippen LogP contribution in [-0.4, -0.2) is 17.3 Å². The fourth-order valence-electron chi connectivity index (χ4n) is 0.996. The molecule has 3 nitrogen and oxygen atoms in total. The van der Waals surface area contributed by atoms with Crippen molar-refractivity contribution in [3.8, 4) is 0 Å². The van der Waals surface area contributed by atoms with Gasteiger partial charge in [0.2, 0.25) is 11.6 Å². The normalized spacial score (nSPS) is 24.0. The van der Waals surface area contributed by atoms with Crippen LogP contribution in [0.1, 0.15) is 20.3 Å². The number of hydrogen-bond acceptors (Lipinski definition) is 3. The van der Waals surface area contributed by atoms with Gasteiger partial charge < -0.3 is 0 Å². The van der Waals surface area contributed by atoms with Gasteiger partial charge >= 0.3 is 0 Å². The van der Waals surface area contributed by atoms with E-state index in [-0.39, 0.29) is 6.42 Å². The molecule has 54 valence electrons. The standard InChI is InChI=1S/C7H8O3/c1-7(2)3-4(8)5(9)6(7)10/h3H2,1-2H3. The van der Waals surface area contributed by atoms with Gasteiger partial charge in [0.15, 0.2) is 0 Å². The Morgan fingerprint density at radius 3 is 1.80 bits per heavy atom. The Labute approximate surface area is 58.4 Å². The van der Waals surface area contributed by atoms with E-state index >= 15 is 0 Å². The van der Waals surface area contributed by atoms with Crippen molar-refractivity contribution in [3.05, 3.63) is 0 Å². The van der Waals surface area contributed by atoms with Gasteiger partial charge in [-0.15, -0.1) is 0 Å². The third-order valence-electron chi connectivity index (χ3n) is 1.68. The lowest BCUT2D eigenvalue weighted by atomic mass is 9.91. The molecule has 3 heteroatoms. The predicted molar refractivity (Wildman–Crippen MR) is 33.4 cm³/mol. The highest BCUT2D eigenvalue weighted by Gasteiger charge is 2.45. The maximum absolute atomic E-state index is 10.9. The van der Waals surface area contributed by atoms with Crippen LogP contribution in [-0.2, 0) is 14.4 Å². The summed E-state index contributed by atoms with van der Waals surface area (Å²) in [4.78, 5) is 32.1. The molecule has 1 saturated carbocycles. The average molecular weight is 140 g/mol. The second-order valence-corrected chi connectivity index (χ2v) is 3.14. The van der Waals surface area contributed by atoms with E-state index in [1.165, 1.54) is 0 Å². The van der Waals surface area contributed by atoms with Gasteiger partial charge in [0.25, 0.3) is 5.78 Å². The molecule has 0 aromatic carbocycles. The minimum Gasteiger partial charge on any atom is -0.290 e. The first-order valence-corrected chi connectivity index (χ1v) is 3.07. The smallest absolute Gasteiger partial charge is 0.264 e. The van der Waals surface area contributed by atoms with Gasteiger partial charge in [0.05, 0.1) is 0 Å². The quantitative estimate of drug-likeness (QED) is 0.449. The Morgan fingerprint density at radius 1 is 1.20 bits per heavy atom. The number of hydrogen-bond donors (Lipinski definition) is 0. The van der Waals surface area contributed by atoms with Gasteiger partial charge in [-0.3, -0.25) is 14.4 Å². The monoisotopic (exact) mass is 140 g/mol. The molecule has 0 amide bonds. The molecule has 1 fully saturated rings. The lowest BCUT2D eigenvalue weighted by Crippen LogP contribution is -2.21. The van der Waals surface area contributed by atoms with Crippen molar-refractivity contribution in [2.45, 2.75) is 20.3 Å². The van der Waals surface area contributed by atoms with Crippen LogP contribution in [0.25, 0.3) is 0 Å². The van der Waals surface area contributed by atoms with Gasteiger partial charge in [-0.1, -0.05) is 13.8 Å². The summed E-state index contributed by atoms with van der Waals surface area (Å²) >= 11 is 0. The maximum atomic E-state index is 10.9. The predicted octanol–water partition coefficient (Wildman–Crippen LogP) is 0.124. The van der Waals surface area contributed by atoms with Crippen LogP contribution in [0.15, 0.2) is 0 Å². The van der Waals surface area contributed by atoms with E-state index in [0.717, 1.165) is 0 Å². The SMILES string of the molecule is CC1(C)CC(=O)C(=O)C1=O. The summed E-state index contributed by atoms with van der Waals surface area (Å²) in [6, 6.07) is 0. The van der Waals surface area contributed by atoms with Crippen molar-refractivity contribution in [2.75, 3.05) is 0 Å². The van der Waals surface area contributed by atoms with Crippen LogP contribution in [0.4, 0.5) is 0 Å². The zero-order valence-electron chi connectivity index (χ0n) is 5.93.